The van der Waals surface area contributed by atoms with Gasteiger partial charge in [0.2, 0.25) is 0 Å². The summed E-state index contributed by atoms with van der Waals surface area (Å²) in [5.41, 5.74) is 8.54. The van der Waals surface area contributed by atoms with E-state index in [2.05, 4.69) is 10.1 Å². The minimum Gasteiger partial charge on any atom is -0.399 e. The van der Waals surface area contributed by atoms with E-state index in [1.807, 2.05) is 36.9 Å². The highest BCUT2D eigenvalue weighted by atomic mass is 32.2. The molecule has 2 N–H and O–H groups in total. The molecule has 5 heteroatoms. The topological polar surface area (TPSA) is 64.9 Å². The van der Waals surface area contributed by atoms with Crippen LogP contribution in [0.5, 0.6) is 0 Å². The van der Waals surface area contributed by atoms with Gasteiger partial charge in [-0.05, 0) is 43.2 Å². The Morgan fingerprint density at radius 3 is 3.11 bits per heavy atom. The van der Waals surface area contributed by atoms with Crippen LogP contribution in [0.3, 0.4) is 0 Å². The molecule has 0 saturated carbocycles. The number of benzene rings is 1. The predicted molar refractivity (Wildman–Crippen MR) is 73.3 cm³/mol. The van der Waals surface area contributed by atoms with Crippen molar-refractivity contribution in [1.82, 2.24) is 10.1 Å². The Morgan fingerprint density at radius 2 is 2.33 bits per heavy atom. The molecule has 1 saturated heterocycles. The minimum absolute atomic E-state index is 0.392. The molecule has 1 fully saturated rings. The van der Waals surface area contributed by atoms with E-state index in [-0.39, 0.29) is 0 Å². The summed E-state index contributed by atoms with van der Waals surface area (Å²) in [6.45, 7) is 2.02. The Kier molecular flexibility index (Phi) is 2.99. The summed E-state index contributed by atoms with van der Waals surface area (Å²) >= 11 is 1.90. The van der Waals surface area contributed by atoms with Crippen molar-refractivity contribution in [2.24, 2.45) is 0 Å². The quantitative estimate of drug-likeness (QED) is 0.841. The summed E-state index contributed by atoms with van der Waals surface area (Å²) in [6.07, 6.45) is 2.37. The molecule has 1 aliphatic heterocycles. The lowest BCUT2D eigenvalue weighted by molar-refractivity contribution is 0.421. The fourth-order valence-corrected chi connectivity index (χ4v) is 3.32. The summed E-state index contributed by atoms with van der Waals surface area (Å²) in [5, 5.41) is 4.49. The SMILES string of the molecule is Cc1ccc(N)cc1-c1nc(C2CCCS2)no1. The van der Waals surface area contributed by atoms with Crippen molar-refractivity contribution in [3.05, 3.63) is 29.6 Å². The van der Waals surface area contributed by atoms with Crippen molar-refractivity contribution in [1.29, 1.82) is 0 Å². The summed E-state index contributed by atoms with van der Waals surface area (Å²) < 4.78 is 5.37. The Labute approximate surface area is 110 Å². The highest BCUT2D eigenvalue weighted by Crippen LogP contribution is 2.39. The van der Waals surface area contributed by atoms with Crippen molar-refractivity contribution in [2.75, 3.05) is 11.5 Å². The highest BCUT2D eigenvalue weighted by molar-refractivity contribution is 7.99. The molecule has 0 bridgehead atoms. The number of aromatic nitrogens is 2. The molecule has 1 aromatic carbocycles. The van der Waals surface area contributed by atoms with Gasteiger partial charge in [-0.15, -0.1) is 0 Å². The van der Waals surface area contributed by atoms with Crippen LogP contribution in [0.2, 0.25) is 0 Å². The first-order valence-corrected chi connectivity index (χ1v) is 7.10. The molecule has 0 radical (unpaired) electrons. The molecule has 18 heavy (non-hydrogen) atoms. The zero-order chi connectivity index (χ0) is 12.5. The van der Waals surface area contributed by atoms with Crippen LogP contribution in [-0.4, -0.2) is 15.9 Å². The maximum atomic E-state index is 5.80. The first-order valence-electron chi connectivity index (χ1n) is 6.06. The Hall–Kier alpha value is -1.49. The second-order valence-electron chi connectivity index (χ2n) is 4.53. The molecule has 2 aromatic rings. The fraction of sp³-hybridized carbons (Fsp3) is 0.385. The van der Waals surface area contributed by atoms with Gasteiger partial charge >= 0.3 is 0 Å². The molecule has 1 unspecified atom stereocenters. The molecule has 1 aliphatic rings. The maximum Gasteiger partial charge on any atom is 0.258 e. The molecule has 0 spiro atoms. The minimum atomic E-state index is 0.392. The van der Waals surface area contributed by atoms with Crippen molar-refractivity contribution < 1.29 is 4.52 Å². The van der Waals surface area contributed by atoms with Gasteiger partial charge in [-0.25, -0.2) is 0 Å². The van der Waals surface area contributed by atoms with E-state index in [0.29, 0.717) is 16.8 Å². The maximum absolute atomic E-state index is 5.80. The molecular weight excluding hydrogens is 246 g/mol. The molecule has 94 valence electrons. The number of hydrogen-bond donors (Lipinski definition) is 1. The van der Waals surface area contributed by atoms with Gasteiger partial charge in [0.15, 0.2) is 5.82 Å². The lowest BCUT2D eigenvalue weighted by Crippen LogP contribution is -1.92. The molecule has 2 heterocycles. The van der Waals surface area contributed by atoms with Crippen LogP contribution in [0.4, 0.5) is 5.69 Å². The molecule has 0 amide bonds. The largest absolute Gasteiger partial charge is 0.399 e. The van der Waals surface area contributed by atoms with Gasteiger partial charge in [-0.3, -0.25) is 0 Å². The number of aryl methyl sites for hydroxylation is 1. The summed E-state index contributed by atoms with van der Waals surface area (Å²) in [7, 11) is 0. The average molecular weight is 261 g/mol. The van der Waals surface area contributed by atoms with Crippen molar-refractivity contribution >= 4 is 17.4 Å². The first kappa shape index (κ1) is 11.6. The second-order valence-corrected chi connectivity index (χ2v) is 5.84. The van der Waals surface area contributed by atoms with Gasteiger partial charge in [0.05, 0.1) is 5.25 Å². The normalized spacial score (nSPS) is 19.3. The molecule has 1 atom stereocenters. The highest BCUT2D eigenvalue weighted by Gasteiger charge is 2.23. The lowest BCUT2D eigenvalue weighted by atomic mass is 10.1. The monoisotopic (exact) mass is 261 g/mol. The predicted octanol–water partition coefficient (Wildman–Crippen LogP) is 3.20. The van der Waals surface area contributed by atoms with Crippen LogP contribution >= 0.6 is 11.8 Å². The number of nitrogens with two attached hydrogens (primary N) is 1. The zero-order valence-corrected chi connectivity index (χ0v) is 11.0. The molecular formula is C13H15N3OS. The van der Waals surface area contributed by atoms with E-state index in [0.717, 1.165) is 23.4 Å². The van der Waals surface area contributed by atoms with E-state index in [4.69, 9.17) is 10.3 Å². The standard InChI is InChI=1S/C13H15N3OS/c1-8-4-5-9(14)7-10(8)13-15-12(16-17-13)11-3-2-6-18-11/h4-5,7,11H,2-3,6,14H2,1H3. The number of anilines is 1. The van der Waals surface area contributed by atoms with Crippen molar-refractivity contribution in [3.8, 4) is 11.5 Å². The van der Waals surface area contributed by atoms with Gasteiger partial charge in [0.25, 0.3) is 5.89 Å². The molecule has 3 rings (SSSR count). The Balaban J connectivity index is 1.94. The third kappa shape index (κ3) is 2.10. The zero-order valence-electron chi connectivity index (χ0n) is 10.2. The molecule has 0 aliphatic carbocycles. The third-order valence-electron chi connectivity index (χ3n) is 3.15. The van der Waals surface area contributed by atoms with E-state index >= 15 is 0 Å². The molecule has 1 aromatic heterocycles. The number of rotatable bonds is 2. The molecule has 4 nitrogen and oxygen atoms in total. The van der Waals surface area contributed by atoms with E-state index < -0.39 is 0 Å². The number of nitrogens with zero attached hydrogens (tertiary/aromatic N) is 2. The number of thioether (sulfide) groups is 1. The van der Waals surface area contributed by atoms with Crippen molar-refractivity contribution in [2.45, 2.75) is 25.0 Å². The number of hydrogen-bond acceptors (Lipinski definition) is 5. The third-order valence-corrected chi connectivity index (χ3v) is 4.52. The van der Waals surface area contributed by atoms with Gasteiger partial charge in [-0.2, -0.15) is 16.7 Å². The Bertz CT molecular complexity index is 561. The van der Waals surface area contributed by atoms with Gasteiger partial charge in [0.1, 0.15) is 0 Å². The lowest BCUT2D eigenvalue weighted by Gasteiger charge is -2.02. The van der Waals surface area contributed by atoms with Gasteiger partial charge < -0.3 is 10.3 Å². The Morgan fingerprint density at radius 1 is 1.44 bits per heavy atom. The summed E-state index contributed by atoms with van der Waals surface area (Å²) in [6, 6.07) is 5.73. The van der Waals surface area contributed by atoms with E-state index in [9.17, 15) is 0 Å². The number of nitrogen functional groups attached to an aromatic ring is 1. The summed E-state index contributed by atoms with van der Waals surface area (Å²) in [4.78, 5) is 4.51. The van der Waals surface area contributed by atoms with Crippen LogP contribution in [0.1, 0.15) is 29.5 Å². The van der Waals surface area contributed by atoms with Crippen LogP contribution in [0.15, 0.2) is 22.7 Å². The van der Waals surface area contributed by atoms with Crippen LogP contribution in [0.25, 0.3) is 11.5 Å². The average Bonchev–Trinajstić information content (AvgIpc) is 3.00. The van der Waals surface area contributed by atoms with Crippen LogP contribution in [0, 0.1) is 6.92 Å². The first-order chi connectivity index (χ1) is 8.74. The van der Waals surface area contributed by atoms with E-state index in [1.165, 1.54) is 12.2 Å². The second kappa shape index (κ2) is 4.65. The van der Waals surface area contributed by atoms with Crippen LogP contribution < -0.4 is 5.73 Å². The van der Waals surface area contributed by atoms with Gasteiger partial charge in [-0.1, -0.05) is 11.2 Å². The van der Waals surface area contributed by atoms with Crippen molar-refractivity contribution in [3.63, 3.8) is 0 Å². The van der Waals surface area contributed by atoms with Crippen LogP contribution in [-0.2, 0) is 0 Å². The fourth-order valence-electron chi connectivity index (χ4n) is 2.13. The smallest absolute Gasteiger partial charge is 0.258 e. The van der Waals surface area contributed by atoms with E-state index in [1.54, 1.807) is 0 Å². The summed E-state index contributed by atoms with van der Waals surface area (Å²) in [5.74, 6) is 2.57. The van der Waals surface area contributed by atoms with Gasteiger partial charge in [0, 0.05) is 11.3 Å².